The van der Waals surface area contributed by atoms with E-state index in [-0.39, 0.29) is 5.82 Å². The Kier molecular flexibility index (Phi) is 4.29. The zero-order valence-electron chi connectivity index (χ0n) is 8.14. The van der Waals surface area contributed by atoms with Crippen LogP contribution in [0, 0.1) is 12.7 Å². The Morgan fingerprint density at radius 3 is 2.77 bits per heavy atom. The first-order valence-corrected chi connectivity index (χ1v) is 5.61. The number of aryl methyl sites for hydroxylation is 1. The molecule has 0 aliphatic rings. The van der Waals surface area contributed by atoms with Gasteiger partial charge in [-0.25, -0.2) is 4.39 Å². The first-order valence-electron chi connectivity index (χ1n) is 4.63. The van der Waals surface area contributed by atoms with Gasteiger partial charge in [0, 0.05) is 4.90 Å². The zero-order valence-corrected chi connectivity index (χ0v) is 8.96. The van der Waals surface area contributed by atoms with E-state index in [9.17, 15) is 4.39 Å². The van der Waals surface area contributed by atoms with Crippen molar-refractivity contribution >= 4 is 11.8 Å². The van der Waals surface area contributed by atoms with Crippen LogP contribution in [0.2, 0.25) is 0 Å². The average molecular weight is 198 g/mol. The van der Waals surface area contributed by atoms with Gasteiger partial charge in [-0.3, -0.25) is 0 Å². The van der Waals surface area contributed by atoms with Gasteiger partial charge < -0.3 is 0 Å². The summed E-state index contributed by atoms with van der Waals surface area (Å²) in [5.41, 5.74) is 0.984. The van der Waals surface area contributed by atoms with Crippen molar-refractivity contribution in [1.29, 1.82) is 0 Å². The maximum absolute atomic E-state index is 13.3. The van der Waals surface area contributed by atoms with E-state index in [1.807, 2.05) is 19.1 Å². The Bertz CT molecular complexity index is 271. The van der Waals surface area contributed by atoms with E-state index in [0.29, 0.717) is 0 Å². The molecule has 0 spiro atoms. The van der Waals surface area contributed by atoms with Gasteiger partial charge in [-0.1, -0.05) is 19.4 Å². The molecule has 1 aromatic rings. The van der Waals surface area contributed by atoms with E-state index >= 15 is 0 Å². The molecule has 0 aliphatic carbocycles. The quantitative estimate of drug-likeness (QED) is 0.520. The SMILES string of the molecule is CCCCSc1ccc(C)cc1F. The molecular weight excluding hydrogens is 183 g/mol. The van der Waals surface area contributed by atoms with Crippen LogP contribution in [0.15, 0.2) is 23.1 Å². The summed E-state index contributed by atoms with van der Waals surface area (Å²) in [5.74, 6) is 0.928. The molecule has 72 valence electrons. The van der Waals surface area contributed by atoms with Gasteiger partial charge in [0.15, 0.2) is 0 Å². The van der Waals surface area contributed by atoms with Crippen LogP contribution in [0.3, 0.4) is 0 Å². The van der Waals surface area contributed by atoms with Crippen LogP contribution in [0.1, 0.15) is 25.3 Å². The van der Waals surface area contributed by atoms with Crippen LogP contribution in [0.25, 0.3) is 0 Å². The van der Waals surface area contributed by atoms with Crippen LogP contribution >= 0.6 is 11.8 Å². The number of thioether (sulfide) groups is 1. The molecule has 0 N–H and O–H groups in total. The molecule has 0 amide bonds. The Balaban J connectivity index is 2.56. The maximum atomic E-state index is 13.3. The Labute approximate surface area is 83.5 Å². The van der Waals surface area contributed by atoms with Crippen LogP contribution in [0.5, 0.6) is 0 Å². The predicted octanol–water partition coefficient (Wildman–Crippen LogP) is 4.03. The van der Waals surface area contributed by atoms with Crippen molar-refractivity contribution < 1.29 is 4.39 Å². The Morgan fingerprint density at radius 2 is 2.15 bits per heavy atom. The summed E-state index contributed by atoms with van der Waals surface area (Å²) in [4.78, 5) is 0.777. The fraction of sp³-hybridized carbons (Fsp3) is 0.455. The molecule has 0 bridgehead atoms. The number of hydrogen-bond acceptors (Lipinski definition) is 1. The predicted molar refractivity (Wildman–Crippen MR) is 56.8 cm³/mol. The fourth-order valence-electron chi connectivity index (χ4n) is 1.05. The second-order valence-corrected chi connectivity index (χ2v) is 4.27. The summed E-state index contributed by atoms with van der Waals surface area (Å²) >= 11 is 1.61. The van der Waals surface area contributed by atoms with Gasteiger partial charge in [-0.15, -0.1) is 11.8 Å². The average Bonchev–Trinajstić information content (AvgIpc) is 2.09. The molecule has 0 aromatic heterocycles. The highest BCUT2D eigenvalue weighted by molar-refractivity contribution is 7.99. The highest BCUT2D eigenvalue weighted by atomic mass is 32.2. The molecule has 0 saturated heterocycles. The van der Waals surface area contributed by atoms with E-state index in [0.717, 1.165) is 22.6 Å². The van der Waals surface area contributed by atoms with Crippen molar-refractivity contribution in [3.8, 4) is 0 Å². The van der Waals surface area contributed by atoms with E-state index in [2.05, 4.69) is 6.92 Å². The molecule has 0 nitrogen and oxygen atoms in total. The lowest BCUT2D eigenvalue weighted by Crippen LogP contribution is -1.84. The highest BCUT2D eigenvalue weighted by Gasteiger charge is 2.01. The minimum absolute atomic E-state index is 0.0823. The van der Waals surface area contributed by atoms with E-state index in [1.165, 1.54) is 6.42 Å². The molecule has 0 fully saturated rings. The molecule has 13 heavy (non-hydrogen) atoms. The number of rotatable bonds is 4. The molecule has 0 aliphatic heterocycles. The maximum Gasteiger partial charge on any atom is 0.137 e. The summed E-state index contributed by atoms with van der Waals surface area (Å²) in [6.07, 6.45) is 2.32. The van der Waals surface area contributed by atoms with Crippen LogP contribution in [-0.4, -0.2) is 5.75 Å². The first-order chi connectivity index (χ1) is 6.24. The molecule has 0 heterocycles. The van der Waals surface area contributed by atoms with Gasteiger partial charge in [0.2, 0.25) is 0 Å². The molecule has 0 radical (unpaired) electrons. The highest BCUT2D eigenvalue weighted by Crippen LogP contribution is 2.23. The third-order valence-electron chi connectivity index (χ3n) is 1.84. The molecule has 1 aromatic carbocycles. The van der Waals surface area contributed by atoms with Gasteiger partial charge in [0.05, 0.1) is 0 Å². The molecule has 0 atom stereocenters. The third kappa shape index (κ3) is 3.39. The Morgan fingerprint density at radius 1 is 1.38 bits per heavy atom. The molecular formula is C11H15FS. The normalized spacial score (nSPS) is 10.4. The molecule has 0 saturated carbocycles. The van der Waals surface area contributed by atoms with Crippen molar-refractivity contribution in [2.75, 3.05) is 5.75 Å². The standard InChI is InChI=1S/C11H15FS/c1-3-4-7-13-11-6-5-9(2)8-10(11)12/h5-6,8H,3-4,7H2,1-2H3. The summed E-state index contributed by atoms with van der Waals surface area (Å²) in [7, 11) is 0. The summed E-state index contributed by atoms with van der Waals surface area (Å²) in [5, 5.41) is 0. The van der Waals surface area contributed by atoms with Gasteiger partial charge in [0.1, 0.15) is 5.82 Å². The minimum atomic E-state index is -0.0823. The van der Waals surface area contributed by atoms with Crippen molar-refractivity contribution in [1.82, 2.24) is 0 Å². The van der Waals surface area contributed by atoms with Gasteiger partial charge in [0.25, 0.3) is 0 Å². The lowest BCUT2D eigenvalue weighted by Gasteiger charge is -2.02. The second kappa shape index (κ2) is 5.28. The number of halogens is 1. The lowest BCUT2D eigenvalue weighted by molar-refractivity contribution is 0.600. The summed E-state index contributed by atoms with van der Waals surface area (Å²) in [6, 6.07) is 5.41. The summed E-state index contributed by atoms with van der Waals surface area (Å²) < 4.78 is 13.3. The lowest BCUT2D eigenvalue weighted by atomic mass is 10.2. The smallest absolute Gasteiger partial charge is 0.137 e. The zero-order chi connectivity index (χ0) is 9.68. The number of benzene rings is 1. The van der Waals surface area contributed by atoms with E-state index < -0.39 is 0 Å². The molecule has 2 heteroatoms. The fourth-order valence-corrected chi connectivity index (χ4v) is 2.06. The van der Waals surface area contributed by atoms with Gasteiger partial charge in [-0.05, 0) is 36.8 Å². The second-order valence-electron chi connectivity index (χ2n) is 3.14. The molecule has 1 rings (SSSR count). The van der Waals surface area contributed by atoms with E-state index in [1.54, 1.807) is 17.8 Å². The number of hydrogen-bond donors (Lipinski definition) is 0. The monoisotopic (exact) mass is 198 g/mol. The van der Waals surface area contributed by atoms with E-state index in [4.69, 9.17) is 0 Å². The van der Waals surface area contributed by atoms with Crippen molar-refractivity contribution in [3.05, 3.63) is 29.6 Å². The van der Waals surface area contributed by atoms with Crippen molar-refractivity contribution in [3.63, 3.8) is 0 Å². The van der Waals surface area contributed by atoms with Crippen molar-refractivity contribution in [2.24, 2.45) is 0 Å². The number of unbranched alkanes of at least 4 members (excludes halogenated alkanes) is 1. The first kappa shape index (κ1) is 10.6. The third-order valence-corrected chi connectivity index (χ3v) is 2.98. The largest absolute Gasteiger partial charge is 0.206 e. The van der Waals surface area contributed by atoms with Crippen molar-refractivity contribution in [2.45, 2.75) is 31.6 Å². The summed E-state index contributed by atoms with van der Waals surface area (Å²) in [6.45, 7) is 4.05. The Hall–Kier alpha value is -0.500. The van der Waals surface area contributed by atoms with Gasteiger partial charge >= 0.3 is 0 Å². The van der Waals surface area contributed by atoms with Gasteiger partial charge in [-0.2, -0.15) is 0 Å². The van der Waals surface area contributed by atoms with Crippen LogP contribution in [-0.2, 0) is 0 Å². The minimum Gasteiger partial charge on any atom is -0.206 e. The topological polar surface area (TPSA) is 0 Å². The van der Waals surface area contributed by atoms with Crippen LogP contribution in [0.4, 0.5) is 4.39 Å². The molecule has 0 unspecified atom stereocenters. The van der Waals surface area contributed by atoms with Crippen LogP contribution < -0.4 is 0 Å².